The molecule has 10 atom stereocenters. The van der Waals surface area contributed by atoms with Gasteiger partial charge in [-0.1, -0.05) is 33.8 Å². The minimum Gasteiger partial charge on any atom is -0.478 e. The molecular weight excluding hydrogens is 625 g/mol. The maximum absolute atomic E-state index is 16.1. The SMILES string of the molecule is C=C[C@]1(C)C[C@@H]([C@H](Oc2ccc3c(c2F)B(O)N(S(C)(=O)=O)N=C3)C(=O)O)[C@@]2(C)[C@H](C)CC[C@]3(CC(F)C(=O)[C@H]32)[C@@H](C)[C@@H]1OC=O. The van der Waals surface area contributed by atoms with Gasteiger partial charge in [-0.2, -0.15) is 5.10 Å². The predicted molar refractivity (Wildman–Crippen MR) is 164 cm³/mol. The van der Waals surface area contributed by atoms with Crippen molar-refractivity contribution >= 4 is 47.0 Å². The molecule has 4 aliphatic rings. The average molecular weight is 665 g/mol. The molecule has 1 aromatic rings. The van der Waals surface area contributed by atoms with Crippen molar-refractivity contribution in [1.29, 1.82) is 0 Å². The smallest absolute Gasteiger partial charge is 0.478 e. The Balaban J connectivity index is 1.69. The first-order chi connectivity index (χ1) is 21.4. The van der Waals surface area contributed by atoms with Gasteiger partial charge in [0, 0.05) is 28.6 Å². The monoisotopic (exact) mass is 664 g/mol. The van der Waals surface area contributed by atoms with Crippen LogP contribution in [0.2, 0.25) is 0 Å². The van der Waals surface area contributed by atoms with E-state index in [0.717, 1.165) is 18.5 Å². The number of sulfonamides is 1. The van der Waals surface area contributed by atoms with Crippen LogP contribution in [0.15, 0.2) is 29.9 Å². The fourth-order valence-electron chi connectivity index (χ4n) is 9.23. The number of alkyl halides is 1. The number of hydrazone groups is 1. The van der Waals surface area contributed by atoms with Crippen LogP contribution in [0.1, 0.15) is 58.9 Å². The number of carbonyl (C=O) groups excluding carboxylic acids is 2. The second-order valence-corrected chi connectivity index (χ2v) is 15.8. The zero-order chi connectivity index (χ0) is 34.1. The number of benzene rings is 1. The molecule has 3 saturated carbocycles. The summed E-state index contributed by atoms with van der Waals surface area (Å²) < 4.78 is 68.1. The van der Waals surface area contributed by atoms with Crippen LogP contribution in [0.5, 0.6) is 5.75 Å². The number of carboxylic acid groups (broad SMARTS) is 1. The summed E-state index contributed by atoms with van der Waals surface area (Å²) >= 11 is 0. The predicted octanol–water partition coefficient (Wildman–Crippen LogP) is 2.69. The number of carboxylic acids is 1. The second kappa shape index (κ2) is 11.4. The minimum absolute atomic E-state index is 0.0301. The van der Waals surface area contributed by atoms with Gasteiger partial charge in [-0.05, 0) is 60.1 Å². The number of ether oxygens (including phenoxy) is 2. The Morgan fingerprint density at radius 3 is 2.54 bits per heavy atom. The Bertz CT molecular complexity index is 1610. The highest BCUT2D eigenvalue weighted by molar-refractivity contribution is 7.89. The van der Waals surface area contributed by atoms with Gasteiger partial charge in [-0.15, -0.1) is 6.58 Å². The Morgan fingerprint density at radius 2 is 1.96 bits per heavy atom. The first-order valence-corrected chi connectivity index (χ1v) is 17.1. The maximum atomic E-state index is 16.1. The molecule has 0 spiro atoms. The molecule has 5 rings (SSSR count). The number of Topliss-reactive ketones (excluding diaryl/α,β-unsaturated/α-hetero) is 1. The topological polar surface area (TPSA) is 160 Å². The van der Waals surface area contributed by atoms with Crippen molar-refractivity contribution < 1.29 is 51.2 Å². The molecule has 1 aromatic carbocycles. The number of rotatable bonds is 8. The number of halogens is 2. The summed E-state index contributed by atoms with van der Waals surface area (Å²) in [5.74, 6) is -6.70. The van der Waals surface area contributed by atoms with Crippen molar-refractivity contribution in [3.63, 3.8) is 0 Å². The van der Waals surface area contributed by atoms with E-state index in [-0.39, 0.29) is 24.3 Å². The van der Waals surface area contributed by atoms with E-state index in [4.69, 9.17) is 9.47 Å². The van der Waals surface area contributed by atoms with Crippen molar-refractivity contribution in [1.82, 2.24) is 4.33 Å². The van der Waals surface area contributed by atoms with E-state index in [0.29, 0.717) is 23.6 Å². The van der Waals surface area contributed by atoms with Gasteiger partial charge < -0.3 is 19.6 Å². The third kappa shape index (κ3) is 4.87. The van der Waals surface area contributed by atoms with E-state index in [1.54, 1.807) is 19.9 Å². The van der Waals surface area contributed by atoms with Crippen molar-refractivity contribution in [3.8, 4) is 5.75 Å². The fraction of sp³-hybridized carbons (Fsp3) is 0.613. The normalized spacial score (nSPS) is 37.8. The third-order valence-electron chi connectivity index (χ3n) is 11.8. The molecule has 11 nitrogen and oxygen atoms in total. The zero-order valence-electron chi connectivity index (χ0n) is 26.4. The highest BCUT2D eigenvalue weighted by atomic mass is 32.2. The van der Waals surface area contributed by atoms with Gasteiger partial charge in [0.1, 0.15) is 6.10 Å². The highest BCUT2D eigenvalue weighted by Gasteiger charge is 2.71. The molecular formula is C31H39BF2N2O9S. The van der Waals surface area contributed by atoms with Gasteiger partial charge in [0.2, 0.25) is 10.0 Å². The van der Waals surface area contributed by atoms with Crippen molar-refractivity contribution in [2.45, 2.75) is 71.8 Å². The van der Waals surface area contributed by atoms with Crippen LogP contribution in [0.3, 0.4) is 0 Å². The Labute approximate surface area is 267 Å². The highest BCUT2D eigenvalue weighted by Crippen LogP contribution is 2.70. The van der Waals surface area contributed by atoms with Crippen LogP contribution in [0.25, 0.3) is 0 Å². The Kier molecular flexibility index (Phi) is 8.45. The number of ketones is 1. The molecule has 15 heteroatoms. The fourth-order valence-corrected chi connectivity index (χ4v) is 9.92. The van der Waals surface area contributed by atoms with Gasteiger partial charge in [-0.3, -0.25) is 9.59 Å². The summed E-state index contributed by atoms with van der Waals surface area (Å²) in [5, 5.41) is 25.2. The van der Waals surface area contributed by atoms with Crippen LogP contribution in [-0.4, -0.2) is 79.0 Å². The lowest BCUT2D eigenvalue weighted by molar-refractivity contribution is -0.199. The number of hydrogen-bond donors (Lipinski definition) is 2. The third-order valence-corrected chi connectivity index (χ3v) is 12.7. The summed E-state index contributed by atoms with van der Waals surface area (Å²) in [5.41, 5.74) is -3.64. The molecule has 3 fully saturated rings. The van der Waals surface area contributed by atoms with Crippen molar-refractivity contribution in [2.24, 2.45) is 45.0 Å². The largest absolute Gasteiger partial charge is 0.487 e. The van der Waals surface area contributed by atoms with Crippen molar-refractivity contribution in [3.05, 3.63) is 36.2 Å². The van der Waals surface area contributed by atoms with Crippen molar-refractivity contribution in [2.75, 3.05) is 6.26 Å². The van der Waals surface area contributed by atoms with Crippen LogP contribution in [0, 0.1) is 45.7 Å². The Hall–Kier alpha value is -3.33. The molecule has 46 heavy (non-hydrogen) atoms. The molecule has 1 heterocycles. The summed E-state index contributed by atoms with van der Waals surface area (Å²) in [6.07, 6.45) is -0.259. The van der Waals surface area contributed by atoms with Gasteiger partial charge in [-0.25, -0.2) is 26.3 Å². The standard InChI is InChI=1S/C31H39BF2N2O9S/c1-7-29(4)12-19(30(5)16(2)10-11-31(17(3)27(29)44-15-37)13-20(33)24(38)26(30)31)25(28(39)40)45-21-9-8-18-14-35-36(46(6,42)43)32(41)22(18)23(21)34/h7-9,14-17,19-20,25-27,41H,1,10-13H2,2-6H3,(H,39,40)/t16-,17+,19+,20?,25+,26+,27+,29-,30-,31+/m1/s1. The van der Waals surface area contributed by atoms with Gasteiger partial charge in [0.05, 0.1) is 12.5 Å². The van der Waals surface area contributed by atoms with E-state index < -0.39 is 98.2 Å². The van der Waals surface area contributed by atoms with Crippen LogP contribution in [0.4, 0.5) is 8.78 Å². The van der Waals surface area contributed by atoms with E-state index in [9.17, 15) is 32.9 Å². The summed E-state index contributed by atoms with van der Waals surface area (Å²) in [6.45, 7) is 11.5. The summed E-state index contributed by atoms with van der Waals surface area (Å²) in [7, 11) is -6.16. The summed E-state index contributed by atoms with van der Waals surface area (Å²) in [6, 6.07) is 2.47. The molecule has 0 amide bonds. The molecule has 250 valence electrons. The molecule has 0 aromatic heterocycles. The number of nitrogens with zero attached hydrogens (tertiary/aromatic N) is 2. The first kappa shape index (κ1) is 34.0. The first-order valence-electron chi connectivity index (χ1n) is 15.2. The lowest BCUT2D eigenvalue weighted by Gasteiger charge is -2.63. The number of fused-ring (bicyclic) bond motifs is 1. The quantitative estimate of drug-likeness (QED) is 0.242. The maximum Gasteiger partial charge on any atom is 0.487 e. The zero-order valence-corrected chi connectivity index (χ0v) is 27.2. The molecule has 2 bridgehead atoms. The molecule has 2 N–H and O–H groups in total. The van der Waals surface area contributed by atoms with Crippen LogP contribution in [-0.2, 0) is 29.1 Å². The molecule has 3 aliphatic carbocycles. The lowest BCUT2D eigenvalue weighted by Crippen LogP contribution is -2.64. The molecule has 1 unspecified atom stereocenters. The number of carbonyl (C=O) groups is 3. The Morgan fingerprint density at radius 1 is 1.28 bits per heavy atom. The minimum atomic E-state index is -4.11. The number of hydrogen-bond acceptors (Lipinski definition) is 9. The van der Waals surface area contributed by atoms with E-state index in [2.05, 4.69) is 11.7 Å². The molecule has 1 aliphatic heterocycles. The second-order valence-electron chi connectivity index (χ2n) is 13.9. The van der Waals surface area contributed by atoms with Crippen LogP contribution < -0.4 is 10.2 Å². The van der Waals surface area contributed by atoms with E-state index in [1.165, 1.54) is 6.07 Å². The van der Waals surface area contributed by atoms with Gasteiger partial charge in [0.15, 0.2) is 29.6 Å². The molecule has 0 radical (unpaired) electrons. The summed E-state index contributed by atoms with van der Waals surface area (Å²) in [4.78, 5) is 38.8. The molecule has 0 saturated heterocycles. The van der Waals surface area contributed by atoms with Gasteiger partial charge in [0.25, 0.3) is 6.47 Å². The lowest BCUT2D eigenvalue weighted by atomic mass is 9.41. The van der Waals surface area contributed by atoms with E-state index >= 15 is 8.78 Å². The number of aliphatic carboxylic acids is 1. The average Bonchev–Trinajstić information content (AvgIpc) is 3.25. The van der Waals surface area contributed by atoms with E-state index in [1.807, 2.05) is 13.8 Å². The van der Waals surface area contributed by atoms with Crippen LogP contribution >= 0.6 is 0 Å². The van der Waals surface area contributed by atoms with Gasteiger partial charge >= 0.3 is 13.0 Å².